The molecule has 0 atom stereocenters. The summed E-state index contributed by atoms with van der Waals surface area (Å²) in [6.07, 6.45) is 3.03. The fourth-order valence-electron chi connectivity index (χ4n) is 1.78. The molecule has 0 aliphatic heterocycles. The summed E-state index contributed by atoms with van der Waals surface area (Å²) < 4.78 is 17.4. The zero-order chi connectivity index (χ0) is 13.7. The van der Waals surface area contributed by atoms with Gasteiger partial charge in [-0.15, -0.1) is 0 Å². The van der Waals surface area contributed by atoms with E-state index in [1.54, 1.807) is 30.5 Å². The first-order valence-corrected chi connectivity index (χ1v) is 5.97. The quantitative estimate of drug-likeness (QED) is 0.792. The summed E-state index contributed by atoms with van der Waals surface area (Å²) in [7, 11) is 1.35. The summed E-state index contributed by atoms with van der Waals surface area (Å²) in [4.78, 5) is 15.6. The van der Waals surface area contributed by atoms with Crippen LogP contribution in [0.2, 0.25) is 0 Å². The number of ether oxygens (including phenoxy) is 1. The minimum Gasteiger partial charge on any atom is -0.465 e. The van der Waals surface area contributed by atoms with Crippen LogP contribution >= 0.6 is 0 Å². The molecule has 19 heavy (non-hydrogen) atoms. The molecule has 1 aromatic carbocycles. The third-order valence-electron chi connectivity index (χ3n) is 2.82. The van der Waals surface area contributed by atoms with Gasteiger partial charge in [0.15, 0.2) is 0 Å². The number of halogens is 1. The highest BCUT2D eigenvalue weighted by Crippen LogP contribution is 2.09. The molecule has 0 aliphatic rings. The number of methoxy groups -OCH3 is 1. The highest BCUT2D eigenvalue weighted by atomic mass is 19.1. The van der Waals surface area contributed by atoms with Crippen LogP contribution in [-0.2, 0) is 17.6 Å². The van der Waals surface area contributed by atoms with E-state index in [4.69, 9.17) is 0 Å². The van der Waals surface area contributed by atoms with Crippen LogP contribution in [0.1, 0.15) is 21.6 Å². The standard InChI is InChI=1S/C15H14FNO2/c1-19-15(18)12-8-9-17-14(10-12)7-4-11-2-5-13(16)6-3-11/h2-3,5-6,8-10H,4,7H2,1H3. The molecule has 3 nitrogen and oxygen atoms in total. The minimum atomic E-state index is -0.370. The summed E-state index contributed by atoms with van der Waals surface area (Å²) in [6, 6.07) is 9.71. The molecule has 0 N–H and O–H groups in total. The molecule has 0 spiro atoms. The normalized spacial score (nSPS) is 10.2. The predicted molar refractivity (Wildman–Crippen MR) is 69.4 cm³/mol. The van der Waals surface area contributed by atoms with Crippen molar-refractivity contribution in [2.45, 2.75) is 12.8 Å². The maximum absolute atomic E-state index is 12.8. The molecule has 0 bridgehead atoms. The number of rotatable bonds is 4. The summed E-state index contributed by atoms with van der Waals surface area (Å²) in [5.41, 5.74) is 2.34. The molecule has 98 valence electrons. The van der Waals surface area contributed by atoms with Crippen molar-refractivity contribution in [3.8, 4) is 0 Å². The Balaban J connectivity index is 2.03. The summed E-state index contributed by atoms with van der Waals surface area (Å²) in [6.45, 7) is 0. The van der Waals surface area contributed by atoms with Gasteiger partial charge in [0.2, 0.25) is 0 Å². The van der Waals surface area contributed by atoms with Gasteiger partial charge >= 0.3 is 5.97 Å². The summed E-state index contributed by atoms with van der Waals surface area (Å²) >= 11 is 0. The lowest BCUT2D eigenvalue weighted by Crippen LogP contribution is -2.03. The lowest BCUT2D eigenvalue weighted by atomic mass is 10.1. The SMILES string of the molecule is COC(=O)c1ccnc(CCc2ccc(F)cc2)c1. The number of nitrogens with zero attached hydrogens (tertiary/aromatic N) is 1. The second-order valence-electron chi connectivity index (χ2n) is 4.15. The van der Waals surface area contributed by atoms with Crippen molar-refractivity contribution in [2.75, 3.05) is 7.11 Å². The molecule has 2 rings (SSSR count). The number of esters is 1. The Morgan fingerprint density at radius 2 is 1.95 bits per heavy atom. The average Bonchev–Trinajstić information content (AvgIpc) is 2.46. The molecule has 0 radical (unpaired) electrons. The molecule has 0 aliphatic carbocycles. The van der Waals surface area contributed by atoms with Crippen molar-refractivity contribution in [3.63, 3.8) is 0 Å². The third kappa shape index (κ3) is 3.61. The van der Waals surface area contributed by atoms with E-state index in [0.29, 0.717) is 12.0 Å². The number of hydrogen-bond acceptors (Lipinski definition) is 3. The lowest BCUT2D eigenvalue weighted by molar-refractivity contribution is 0.0600. The number of hydrogen-bond donors (Lipinski definition) is 0. The fraction of sp³-hybridized carbons (Fsp3) is 0.200. The largest absolute Gasteiger partial charge is 0.465 e. The Hall–Kier alpha value is -2.23. The molecule has 0 amide bonds. The van der Waals surface area contributed by atoms with Crippen molar-refractivity contribution in [1.29, 1.82) is 0 Å². The first-order chi connectivity index (χ1) is 9.19. The minimum absolute atomic E-state index is 0.241. The number of aromatic nitrogens is 1. The molecule has 0 fully saturated rings. The maximum Gasteiger partial charge on any atom is 0.337 e. The second kappa shape index (κ2) is 6.09. The van der Waals surface area contributed by atoms with Gasteiger partial charge < -0.3 is 4.74 Å². The number of pyridine rings is 1. The maximum atomic E-state index is 12.8. The Morgan fingerprint density at radius 3 is 2.63 bits per heavy atom. The van der Waals surface area contributed by atoms with E-state index in [1.807, 2.05) is 0 Å². The van der Waals surface area contributed by atoms with Gasteiger partial charge in [0, 0.05) is 11.9 Å². The Bertz CT molecular complexity index is 567. The van der Waals surface area contributed by atoms with Gasteiger partial charge in [0.05, 0.1) is 12.7 Å². The van der Waals surface area contributed by atoms with Crippen molar-refractivity contribution in [2.24, 2.45) is 0 Å². The van der Waals surface area contributed by atoms with Crippen LogP contribution in [0.4, 0.5) is 4.39 Å². The van der Waals surface area contributed by atoms with Gasteiger partial charge in [-0.25, -0.2) is 9.18 Å². The van der Waals surface area contributed by atoms with Crippen LogP contribution in [0, 0.1) is 5.82 Å². The van der Waals surface area contributed by atoms with Crippen LogP contribution in [0.3, 0.4) is 0 Å². The van der Waals surface area contributed by atoms with E-state index in [0.717, 1.165) is 17.7 Å². The van der Waals surface area contributed by atoms with E-state index in [-0.39, 0.29) is 11.8 Å². The third-order valence-corrected chi connectivity index (χ3v) is 2.82. The number of aryl methyl sites for hydroxylation is 2. The molecule has 1 aromatic heterocycles. The second-order valence-corrected chi connectivity index (χ2v) is 4.15. The van der Waals surface area contributed by atoms with Gasteiger partial charge in [-0.2, -0.15) is 0 Å². The number of carbonyl (C=O) groups is 1. The van der Waals surface area contributed by atoms with Gasteiger partial charge in [0.25, 0.3) is 0 Å². The van der Waals surface area contributed by atoms with Crippen LogP contribution in [-0.4, -0.2) is 18.1 Å². The first kappa shape index (κ1) is 13.2. The van der Waals surface area contributed by atoms with Gasteiger partial charge in [0.1, 0.15) is 5.82 Å². The van der Waals surface area contributed by atoms with Crippen LogP contribution in [0.5, 0.6) is 0 Å². The van der Waals surface area contributed by atoms with Crippen LogP contribution < -0.4 is 0 Å². The Kier molecular flexibility index (Phi) is 4.23. The van der Waals surface area contributed by atoms with E-state index in [2.05, 4.69) is 9.72 Å². The lowest BCUT2D eigenvalue weighted by Gasteiger charge is -2.04. The summed E-state index contributed by atoms with van der Waals surface area (Å²) in [5.74, 6) is -0.611. The van der Waals surface area contributed by atoms with Crippen molar-refractivity contribution in [3.05, 3.63) is 65.2 Å². The number of carbonyl (C=O) groups excluding carboxylic acids is 1. The molecule has 1 heterocycles. The van der Waals surface area contributed by atoms with Crippen molar-refractivity contribution < 1.29 is 13.9 Å². The zero-order valence-electron chi connectivity index (χ0n) is 10.6. The number of benzene rings is 1. The van der Waals surface area contributed by atoms with Crippen molar-refractivity contribution >= 4 is 5.97 Å². The van der Waals surface area contributed by atoms with E-state index in [1.165, 1.54) is 19.2 Å². The Morgan fingerprint density at radius 1 is 1.21 bits per heavy atom. The predicted octanol–water partition coefficient (Wildman–Crippen LogP) is 2.79. The van der Waals surface area contributed by atoms with E-state index in [9.17, 15) is 9.18 Å². The molecule has 0 saturated heterocycles. The topological polar surface area (TPSA) is 39.2 Å². The summed E-state index contributed by atoms with van der Waals surface area (Å²) in [5, 5.41) is 0. The smallest absolute Gasteiger partial charge is 0.337 e. The molecular formula is C15H14FNO2. The van der Waals surface area contributed by atoms with Gasteiger partial charge in [-0.05, 0) is 42.7 Å². The van der Waals surface area contributed by atoms with Crippen LogP contribution in [0.25, 0.3) is 0 Å². The molecular weight excluding hydrogens is 245 g/mol. The van der Waals surface area contributed by atoms with Crippen LogP contribution in [0.15, 0.2) is 42.6 Å². The van der Waals surface area contributed by atoms with Gasteiger partial charge in [-0.3, -0.25) is 4.98 Å². The monoisotopic (exact) mass is 259 g/mol. The molecule has 2 aromatic rings. The van der Waals surface area contributed by atoms with Crippen molar-refractivity contribution in [1.82, 2.24) is 4.98 Å². The van der Waals surface area contributed by atoms with E-state index >= 15 is 0 Å². The highest BCUT2D eigenvalue weighted by Gasteiger charge is 2.06. The molecule has 4 heteroatoms. The fourth-order valence-corrected chi connectivity index (χ4v) is 1.78. The Labute approximate surface area is 111 Å². The van der Waals surface area contributed by atoms with E-state index < -0.39 is 0 Å². The average molecular weight is 259 g/mol. The van der Waals surface area contributed by atoms with Gasteiger partial charge in [-0.1, -0.05) is 12.1 Å². The molecule has 0 unspecified atom stereocenters. The molecule has 0 saturated carbocycles. The zero-order valence-corrected chi connectivity index (χ0v) is 10.6. The highest BCUT2D eigenvalue weighted by molar-refractivity contribution is 5.89. The first-order valence-electron chi connectivity index (χ1n) is 5.97.